The molecule has 2 N–H and O–H groups in total. The normalized spacial score (nSPS) is 32.5. The van der Waals surface area contributed by atoms with E-state index in [0.717, 1.165) is 0 Å². The third kappa shape index (κ3) is 3.39. The summed E-state index contributed by atoms with van der Waals surface area (Å²) >= 11 is 4.82. The van der Waals surface area contributed by atoms with Crippen molar-refractivity contribution in [2.45, 2.75) is 39.4 Å². The first-order chi connectivity index (χ1) is 7.84. The molecular formula is C12H22N2O2S. The Bertz CT molecular complexity index is 309. The van der Waals surface area contributed by atoms with E-state index in [4.69, 9.17) is 22.7 Å². The van der Waals surface area contributed by atoms with Crippen LogP contribution in [0.3, 0.4) is 0 Å². The van der Waals surface area contributed by atoms with Gasteiger partial charge in [0, 0.05) is 20.0 Å². The van der Waals surface area contributed by atoms with Gasteiger partial charge in [0.05, 0.1) is 23.1 Å². The van der Waals surface area contributed by atoms with Gasteiger partial charge in [-0.2, -0.15) is 0 Å². The molecular weight excluding hydrogens is 236 g/mol. The van der Waals surface area contributed by atoms with Crippen molar-refractivity contribution in [3.8, 4) is 0 Å². The fraction of sp³-hybridized carbons (Fsp3) is 0.833. The Morgan fingerprint density at radius 2 is 1.94 bits per heavy atom. The van der Waals surface area contributed by atoms with Crippen molar-refractivity contribution in [1.29, 1.82) is 0 Å². The van der Waals surface area contributed by atoms with Gasteiger partial charge in [-0.3, -0.25) is 4.79 Å². The molecule has 1 amide bonds. The maximum absolute atomic E-state index is 12.3. The molecule has 1 heterocycles. The lowest BCUT2D eigenvalue weighted by atomic mass is 9.88. The molecule has 1 saturated heterocycles. The standard InChI is InChI=1S/C12H22N2O2S/c1-7-8(2)16-9(3)11(7)12(15)14(4)6-5-10(13)17/h7-9,11H,5-6H2,1-4H3,(H2,13,17). The van der Waals surface area contributed by atoms with Crippen LogP contribution in [0.25, 0.3) is 0 Å². The molecule has 0 aliphatic carbocycles. The Morgan fingerprint density at radius 3 is 2.35 bits per heavy atom. The highest BCUT2D eigenvalue weighted by molar-refractivity contribution is 7.80. The molecule has 98 valence electrons. The second-order valence-corrected chi connectivity index (χ2v) is 5.43. The van der Waals surface area contributed by atoms with Crippen molar-refractivity contribution >= 4 is 23.1 Å². The van der Waals surface area contributed by atoms with E-state index in [9.17, 15) is 4.79 Å². The molecule has 4 atom stereocenters. The first-order valence-electron chi connectivity index (χ1n) is 6.03. The van der Waals surface area contributed by atoms with Crippen LogP contribution in [0.5, 0.6) is 0 Å². The average Bonchev–Trinajstić information content (AvgIpc) is 2.49. The summed E-state index contributed by atoms with van der Waals surface area (Å²) in [6, 6.07) is 0. The van der Waals surface area contributed by atoms with Crippen LogP contribution in [-0.2, 0) is 9.53 Å². The van der Waals surface area contributed by atoms with Gasteiger partial charge < -0.3 is 15.4 Å². The number of amides is 1. The highest BCUT2D eigenvalue weighted by Crippen LogP contribution is 2.33. The zero-order chi connectivity index (χ0) is 13.2. The largest absolute Gasteiger partial charge is 0.393 e. The Kier molecular flexibility index (Phi) is 4.89. The van der Waals surface area contributed by atoms with Crippen LogP contribution in [-0.4, -0.2) is 41.6 Å². The molecule has 5 heteroatoms. The fourth-order valence-corrected chi connectivity index (χ4v) is 2.43. The number of carbonyl (C=O) groups excluding carboxylic acids is 1. The van der Waals surface area contributed by atoms with Crippen molar-refractivity contribution in [2.24, 2.45) is 17.6 Å². The Balaban J connectivity index is 2.59. The van der Waals surface area contributed by atoms with Crippen molar-refractivity contribution in [2.75, 3.05) is 13.6 Å². The molecule has 1 rings (SSSR count). The molecule has 0 saturated carbocycles. The molecule has 0 aromatic carbocycles. The third-order valence-corrected chi connectivity index (χ3v) is 3.80. The van der Waals surface area contributed by atoms with Crippen LogP contribution in [0, 0.1) is 11.8 Å². The molecule has 0 spiro atoms. The number of rotatable bonds is 4. The van der Waals surface area contributed by atoms with Crippen LogP contribution in [0.2, 0.25) is 0 Å². The molecule has 0 bridgehead atoms. The number of thiocarbonyl (C=S) groups is 1. The summed E-state index contributed by atoms with van der Waals surface area (Å²) in [6.07, 6.45) is 0.700. The molecule has 1 aliphatic heterocycles. The zero-order valence-electron chi connectivity index (χ0n) is 11.0. The topological polar surface area (TPSA) is 55.6 Å². The molecule has 0 aromatic heterocycles. The van der Waals surface area contributed by atoms with Crippen LogP contribution in [0.15, 0.2) is 0 Å². The number of ether oxygens (including phenoxy) is 1. The van der Waals surface area contributed by atoms with E-state index in [2.05, 4.69) is 6.92 Å². The van der Waals surface area contributed by atoms with Gasteiger partial charge in [-0.15, -0.1) is 0 Å². The highest BCUT2D eigenvalue weighted by atomic mass is 32.1. The van der Waals surface area contributed by atoms with Gasteiger partial charge in [-0.05, 0) is 19.8 Å². The summed E-state index contributed by atoms with van der Waals surface area (Å²) < 4.78 is 5.68. The van der Waals surface area contributed by atoms with Crippen molar-refractivity contribution in [3.63, 3.8) is 0 Å². The minimum Gasteiger partial charge on any atom is -0.393 e. The fourth-order valence-electron chi connectivity index (χ4n) is 2.33. The summed E-state index contributed by atoms with van der Waals surface area (Å²) in [5, 5.41) is 0. The number of nitrogens with zero attached hydrogens (tertiary/aromatic N) is 1. The maximum Gasteiger partial charge on any atom is 0.228 e. The predicted molar refractivity (Wildman–Crippen MR) is 71.7 cm³/mol. The molecule has 0 aromatic rings. The van der Waals surface area contributed by atoms with E-state index >= 15 is 0 Å². The number of nitrogens with two attached hydrogens (primary N) is 1. The molecule has 4 unspecified atom stereocenters. The van der Waals surface area contributed by atoms with Gasteiger partial charge >= 0.3 is 0 Å². The molecule has 1 aliphatic rings. The van der Waals surface area contributed by atoms with E-state index in [1.807, 2.05) is 13.8 Å². The van der Waals surface area contributed by atoms with Gasteiger partial charge in [0.15, 0.2) is 0 Å². The van der Waals surface area contributed by atoms with Gasteiger partial charge in [0.2, 0.25) is 5.91 Å². The second-order valence-electron chi connectivity index (χ2n) is 4.91. The van der Waals surface area contributed by atoms with E-state index in [-0.39, 0.29) is 30.0 Å². The van der Waals surface area contributed by atoms with Crippen LogP contribution in [0.4, 0.5) is 0 Å². The lowest BCUT2D eigenvalue weighted by Crippen LogP contribution is -2.39. The van der Waals surface area contributed by atoms with Crippen molar-refractivity contribution < 1.29 is 9.53 Å². The summed E-state index contributed by atoms with van der Waals surface area (Å²) in [6.45, 7) is 6.63. The maximum atomic E-state index is 12.3. The quantitative estimate of drug-likeness (QED) is 0.769. The van der Waals surface area contributed by atoms with Crippen molar-refractivity contribution in [1.82, 2.24) is 4.90 Å². The molecule has 4 nitrogen and oxygen atoms in total. The summed E-state index contributed by atoms with van der Waals surface area (Å²) in [7, 11) is 1.79. The van der Waals surface area contributed by atoms with E-state index < -0.39 is 0 Å². The first kappa shape index (κ1) is 14.4. The Hall–Kier alpha value is -0.680. The smallest absolute Gasteiger partial charge is 0.228 e. The lowest BCUT2D eigenvalue weighted by molar-refractivity contribution is -0.136. The van der Waals surface area contributed by atoms with Gasteiger partial charge in [-0.1, -0.05) is 19.1 Å². The Labute approximate surface area is 108 Å². The van der Waals surface area contributed by atoms with Gasteiger partial charge in [0.1, 0.15) is 0 Å². The van der Waals surface area contributed by atoms with Crippen LogP contribution >= 0.6 is 12.2 Å². The number of carbonyl (C=O) groups is 1. The lowest BCUT2D eigenvalue weighted by Gasteiger charge is -2.24. The first-order valence-corrected chi connectivity index (χ1v) is 6.44. The van der Waals surface area contributed by atoms with Crippen LogP contribution in [0.1, 0.15) is 27.2 Å². The minimum absolute atomic E-state index is 0.0141. The van der Waals surface area contributed by atoms with Crippen molar-refractivity contribution in [3.05, 3.63) is 0 Å². The van der Waals surface area contributed by atoms with Gasteiger partial charge in [0.25, 0.3) is 0 Å². The zero-order valence-corrected chi connectivity index (χ0v) is 11.8. The van der Waals surface area contributed by atoms with E-state index in [1.54, 1.807) is 11.9 Å². The SMILES string of the molecule is CC1OC(C)C(C(=O)N(C)CCC(N)=S)C1C. The summed E-state index contributed by atoms with van der Waals surface area (Å²) in [5.74, 6) is 0.330. The predicted octanol–water partition coefficient (Wildman–Crippen LogP) is 1.18. The monoisotopic (exact) mass is 258 g/mol. The van der Waals surface area contributed by atoms with E-state index in [0.29, 0.717) is 18.0 Å². The number of hydrogen-bond acceptors (Lipinski definition) is 3. The minimum atomic E-state index is -0.0543. The molecule has 17 heavy (non-hydrogen) atoms. The number of hydrogen-bond donors (Lipinski definition) is 1. The van der Waals surface area contributed by atoms with Gasteiger partial charge in [-0.25, -0.2) is 0 Å². The van der Waals surface area contributed by atoms with Crippen LogP contribution < -0.4 is 5.73 Å². The highest BCUT2D eigenvalue weighted by Gasteiger charge is 2.42. The summed E-state index contributed by atoms with van der Waals surface area (Å²) in [4.78, 5) is 14.4. The van der Waals surface area contributed by atoms with E-state index in [1.165, 1.54) is 0 Å². The third-order valence-electron chi connectivity index (χ3n) is 3.60. The Morgan fingerprint density at radius 1 is 1.35 bits per heavy atom. The second kappa shape index (κ2) is 5.78. The molecule has 0 radical (unpaired) electrons. The summed E-state index contributed by atoms with van der Waals surface area (Å²) in [5.41, 5.74) is 5.44. The molecule has 1 fully saturated rings. The average molecular weight is 258 g/mol.